The number of hydrogen-bond acceptors (Lipinski definition) is 2. The monoisotopic (exact) mass is 381 g/mol. The molecule has 0 amide bonds. The fourth-order valence-electron chi connectivity index (χ4n) is 2.01. The maximum atomic E-state index is 3.62. The molecule has 1 aromatic heterocycles. The zero-order valence-electron chi connectivity index (χ0n) is 10.7. The lowest BCUT2D eigenvalue weighted by Gasteiger charge is -2.23. The molecular weight excluding hydrogens is 362 g/mol. The molecule has 2 atom stereocenters. The third-order valence-electron chi connectivity index (χ3n) is 2.98. The molecule has 0 bridgehead atoms. The molecule has 0 spiro atoms. The molecule has 0 aromatic carbocycles. The van der Waals surface area contributed by atoms with Crippen LogP contribution in [-0.4, -0.2) is 6.54 Å². The van der Waals surface area contributed by atoms with Crippen LogP contribution in [0.5, 0.6) is 0 Å². The molecule has 1 nitrogen and oxygen atoms in total. The second-order valence-electron chi connectivity index (χ2n) is 4.43. The van der Waals surface area contributed by atoms with Crippen LogP contribution in [-0.2, 0) is 0 Å². The Morgan fingerprint density at radius 2 is 2.06 bits per heavy atom. The lowest BCUT2D eigenvalue weighted by molar-refractivity contribution is 0.367. The fraction of sp³-hybridized carbons (Fsp3) is 0.692. The molecule has 0 saturated carbocycles. The molecule has 4 heteroatoms. The molecule has 0 fully saturated rings. The summed E-state index contributed by atoms with van der Waals surface area (Å²) in [7, 11) is 0. The number of rotatable bonds is 7. The van der Waals surface area contributed by atoms with Gasteiger partial charge in [0.1, 0.15) is 0 Å². The lowest BCUT2D eigenvalue weighted by Crippen LogP contribution is -2.26. The average molecular weight is 383 g/mol. The van der Waals surface area contributed by atoms with E-state index in [1.54, 1.807) is 0 Å². The van der Waals surface area contributed by atoms with Gasteiger partial charge in [0.2, 0.25) is 0 Å². The van der Waals surface area contributed by atoms with Crippen molar-refractivity contribution < 1.29 is 0 Å². The Hall–Kier alpha value is 0.620. The number of nitrogens with one attached hydrogen (secondary N) is 1. The largest absolute Gasteiger partial charge is 0.309 e. The molecule has 0 radical (unpaired) electrons. The predicted octanol–water partition coefficient (Wildman–Crippen LogP) is 5.75. The average Bonchev–Trinajstić information content (AvgIpc) is 2.63. The van der Waals surface area contributed by atoms with Crippen molar-refractivity contribution in [3.63, 3.8) is 0 Å². The standard InChI is InChI=1S/C13H21Br2NS/c1-4-6-7-9(3)12(16-5-2)11-8-10(14)13(15)17-11/h8-9,12,16H,4-7H2,1-3H3. The molecular formula is C13H21Br2NS. The topological polar surface area (TPSA) is 12.0 Å². The summed E-state index contributed by atoms with van der Waals surface area (Å²) in [6.07, 6.45) is 3.89. The van der Waals surface area contributed by atoms with E-state index in [4.69, 9.17) is 0 Å². The minimum Gasteiger partial charge on any atom is -0.309 e. The van der Waals surface area contributed by atoms with Gasteiger partial charge in [0.05, 0.1) is 3.79 Å². The fourth-order valence-corrected chi connectivity index (χ4v) is 4.31. The second-order valence-corrected chi connectivity index (χ2v) is 7.68. The molecule has 1 heterocycles. The third-order valence-corrected chi connectivity index (χ3v) is 6.32. The van der Waals surface area contributed by atoms with Crippen LogP contribution in [0.2, 0.25) is 0 Å². The normalized spacial score (nSPS) is 14.9. The highest BCUT2D eigenvalue weighted by Gasteiger charge is 2.20. The predicted molar refractivity (Wildman–Crippen MR) is 84.8 cm³/mol. The van der Waals surface area contributed by atoms with Crippen LogP contribution < -0.4 is 5.32 Å². The highest BCUT2D eigenvalue weighted by Crippen LogP contribution is 2.38. The van der Waals surface area contributed by atoms with Gasteiger partial charge in [-0.15, -0.1) is 11.3 Å². The highest BCUT2D eigenvalue weighted by atomic mass is 79.9. The van der Waals surface area contributed by atoms with E-state index in [1.807, 2.05) is 11.3 Å². The Balaban J connectivity index is 2.77. The Morgan fingerprint density at radius 3 is 2.53 bits per heavy atom. The number of unbranched alkanes of at least 4 members (excludes halogenated alkanes) is 1. The van der Waals surface area contributed by atoms with Crippen LogP contribution in [0.1, 0.15) is 51.0 Å². The number of thiophene rings is 1. The summed E-state index contributed by atoms with van der Waals surface area (Å²) in [4.78, 5) is 1.43. The van der Waals surface area contributed by atoms with Crippen molar-refractivity contribution in [1.82, 2.24) is 5.32 Å². The Morgan fingerprint density at radius 1 is 1.35 bits per heavy atom. The summed E-state index contributed by atoms with van der Waals surface area (Å²) >= 11 is 8.99. The lowest BCUT2D eigenvalue weighted by atomic mass is 9.94. The second kappa shape index (κ2) is 7.93. The first kappa shape index (κ1) is 15.7. The minimum atomic E-state index is 0.485. The van der Waals surface area contributed by atoms with E-state index >= 15 is 0 Å². The summed E-state index contributed by atoms with van der Waals surface area (Å²) in [6.45, 7) is 7.81. The van der Waals surface area contributed by atoms with Crippen LogP contribution in [0, 0.1) is 5.92 Å². The van der Waals surface area contributed by atoms with Gasteiger partial charge in [0, 0.05) is 15.4 Å². The molecule has 2 unspecified atom stereocenters. The van der Waals surface area contributed by atoms with Crippen molar-refractivity contribution in [2.45, 2.75) is 46.1 Å². The summed E-state index contributed by atoms with van der Waals surface area (Å²) in [5.41, 5.74) is 0. The smallest absolute Gasteiger partial charge is 0.0843 e. The van der Waals surface area contributed by atoms with Gasteiger partial charge in [-0.2, -0.15) is 0 Å². The zero-order valence-corrected chi connectivity index (χ0v) is 14.7. The van der Waals surface area contributed by atoms with E-state index in [0.29, 0.717) is 12.0 Å². The van der Waals surface area contributed by atoms with E-state index < -0.39 is 0 Å². The van der Waals surface area contributed by atoms with Gasteiger partial charge < -0.3 is 5.32 Å². The number of halogens is 2. The molecule has 1 rings (SSSR count). The minimum absolute atomic E-state index is 0.485. The van der Waals surface area contributed by atoms with Gasteiger partial charge in [0.15, 0.2) is 0 Å². The van der Waals surface area contributed by atoms with Crippen LogP contribution in [0.4, 0.5) is 0 Å². The SMILES string of the molecule is CCCCC(C)C(NCC)c1cc(Br)c(Br)s1. The van der Waals surface area contributed by atoms with Gasteiger partial charge in [-0.05, 0) is 56.8 Å². The van der Waals surface area contributed by atoms with Crippen LogP contribution in [0.15, 0.2) is 14.3 Å². The quantitative estimate of drug-likeness (QED) is 0.632. The van der Waals surface area contributed by atoms with Crippen molar-refractivity contribution in [3.05, 3.63) is 19.2 Å². The molecule has 0 aliphatic carbocycles. The van der Waals surface area contributed by atoms with Gasteiger partial charge >= 0.3 is 0 Å². The maximum absolute atomic E-state index is 3.62. The van der Waals surface area contributed by atoms with E-state index in [0.717, 1.165) is 6.54 Å². The van der Waals surface area contributed by atoms with Crippen LogP contribution in [0.3, 0.4) is 0 Å². The molecule has 98 valence electrons. The third kappa shape index (κ3) is 4.66. The van der Waals surface area contributed by atoms with Crippen molar-refractivity contribution >= 4 is 43.2 Å². The van der Waals surface area contributed by atoms with Gasteiger partial charge in [0.25, 0.3) is 0 Å². The van der Waals surface area contributed by atoms with E-state index in [-0.39, 0.29) is 0 Å². The summed E-state index contributed by atoms with van der Waals surface area (Å²) in [6, 6.07) is 2.73. The maximum Gasteiger partial charge on any atom is 0.0843 e. The Labute approximate surface area is 126 Å². The molecule has 0 aliphatic rings. The summed E-state index contributed by atoms with van der Waals surface area (Å²) in [5.74, 6) is 0.687. The summed E-state index contributed by atoms with van der Waals surface area (Å²) < 4.78 is 2.36. The summed E-state index contributed by atoms with van der Waals surface area (Å²) in [5, 5.41) is 3.62. The van der Waals surface area contributed by atoms with Gasteiger partial charge in [-0.3, -0.25) is 0 Å². The molecule has 0 aliphatic heterocycles. The highest BCUT2D eigenvalue weighted by molar-refractivity contribution is 9.13. The van der Waals surface area contributed by atoms with Gasteiger partial charge in [-0.1, -0.05) is 33.6 Å². The van der Waals surface area contributed by atoms with Crippen LogP contribution in [0.25, 0.3) is 0 Å². The zero-order chi connectivity index (χ0) is 12.8. The Kier molecular flexibility index (Phi) is 7.31. The van der Waals surface area contributed by atoms with Crippen molar-refractivity contribution in [3.8, 4) is 0 Å². The Bertz CT molecular complexity index is 319. The van der Waals surface area contributed by atoms with Crippen molar-refractivity contribution in [2.75, 3.05) is 6.54 Å². The molecule has 1 N–H and O–H groups in total. The molecule has 1 aromatic rings. The first-order chi connectivity index (χ1) is 8.10. The number of hydrogen-bond donors (Lipinski definition) is 1. The first-order valence-corrected chi connectivity index (χ1v) is 8.68. The van der Waals surface area contributed by atoms with Crippen molar-refractivity contribution in [1.29, 1.82) is 0 Å². The molecule has 0 saturated heterocycles. The van der Waals surface area contributed by atoms with E-state index in [9.17, 15) is 0 Å². The van der Waals surface area contributed by atoms with E-state index in [1.165, 1.54) is 32.4 Å². The van der Waals surface area contributed by atoms with Gasteiger partial charge in [-0.25, -0.2) is 0 Å². The molecule has 17 heavy (non-hydrogen) atoms. The van der Waals surface area contributed by atoms with E-state index in [2.05, 4.69) is 64.0 Å². The van der Waals surface area contributed by atoms with Crippen molar-refractivity contribution in [2.24, 2.45) is 5.92 Å². The van der Waals surface area contributed by atoms with Crippen LogP contribution >= 0.6 is 43.2 Å². The first-order valence-electron chi connectivity index (χ1n) is 6.28.